The van der Waals surface area contributed by atoms with Crippen LogP contribution in [-0.4, -0.2) is 75.8 Å². The van der Waals surface area contributed by atoms with Crippen LogP contribution >= 0.6 is 0 Å². The van der Waals surface area contributed by atoms with Crippen molar-refractivity contribution in [3.8, 4) is 0 Å². The van der Waals surface area contributed by atoms with Crippen molar-refractivity contribution in [3.05, 3.63) is 78.4 Å². The summed E-state index contributed by atoms with van der Waals surface area (Å²) in [7, 11) is 3.23. The maximum Gasteiger partial charge on any atom is 0.322 e. The second kappa shape index (κ2) is 12.6. The summed E-state index contributed by atoms with van der Waals surface area (Å²) in [6, 6.07) is 16.2. The van der Waals surface area contributed by atoms with Gasteiger partial charge in [-0.3, -0.25) is 4.68 Å². The Hall–Kier alpha value is -4.48. The van der Waals surface area contributed by atoms with E-state index >= 15 is 0 Å². The van der Waals surface area contributed by atoms with Crippen molar-refractivity contribution in [2.24, 2.45) is 0 Å². The molecular weight excluding hydrogens is 508 g/mol. The number of aryl methyl sites for hydroxylation is 1. The summed E-state index contributed by atoms with van der Waals surface area (Å²) in [5.74, 6) is 0.652. The van der Waals surface area contributed by atoms with Gasteiger partial charge in [-0.25, -0.2) is 14.3 Å². The topological polar surface area (TPSA) is 111 Å². The zero-order chi connectivity index (χ0) is 27.9. The number of rotatable bonds is 12. The lowest BCUT2D eigenvalue weighted by Crippen LogP contribution is -2.39. The monoisotopic (exact) mass is 542 g/mol. The number of hydrogen-bond acceptors (Lipinski definition) is 7. The van der Waals surface area contributed by atoms with Crippen LogP contribution < -0.4 is 10.6 Å². The molecule has 2 aromatic carbocycles. The Morgan fingerprint density at radius 2 is 1.80 bits per heavy atom. The molecule has 0 unspecified atom stereocenters. The van der Waals surface area contributed by atoms with Crippen molar-refractivity contribution in [1.82, 2.24) is 29.3 Å². The number of ether oxygens (including phenoxy) is 2. The van der Waals surface area contributed by atoms with Crippen molar-refractivity contribution < 1.29 is 14.3 Å². The SMILES string of the molecule is CCc1c(NC(=O)N(CCOC)CCOC)cn2ncnc(Nc3ccc4c(cnn4Cc4ccccc4)c3)c12. The quantitative estimate of drug-likeness (QED) is 0.238. The Balaban J connectivity index is 1.39. The van der Waals surface area contributed by atoms with Gasteiger partial charge in [-0.2, -0.15) is 10.2 Å². The predicted molar refractivity (Wildman–Crippen MR) is 155 cm³/mol. The minimum absolute atomic E-state index is 0.222. The number of carbonyl (C=O) groups is 1. The van der Waals surface area contributed by atoms with Gasteiger partial charge < -0.3 is 25.0 Å². The van der Waals surface area contributed by atoms with E-state index in [2.05, 4.69) is 50.1 Å². The van der Waals surface area contributed by atoms with Crippen LogP contribution in [0.3, 0.4) is 0 Å². The van der Waals surface area contributed by atoms with Crippen LogP contribution in [0.15, 0.2) is 67.3 Å². The van der Waals surface area contributed by atoms with Gasteiger partial charge in [-0.15, -0.1) is 0 Å². The van der Waals surface area contributed by atoms with Crippen molar-refractivity contribution >= 4 is 39.6 Å². The lowest BCUT2D eigenvalue weighted by atomic mass is 10.2. The van der Waals surface area contributed by atoms with Crippen LogP contribution in [-0.2, 0) is 22.4 Å². The van der Waals surface area contributed by atoms with E-state index in [9.17, 15) is 4.79 Å². The summed E-state index contributed by atoms with van der Waals surface area (Å²) >= 11 is 0. The summed E-state index contributed by atoms with van der Waals surface area (Å²) in [5.41, 5.74) is 5.56. The molecule has 0 aliphatic carbocycles. The summed E-state index contributed by atoms with van der Waals surface area (Å²) in [6.45, 7) is 4.53. The van der Waals surface area contributed by atoms with Crippen molar-refractivity contribution in [1.29, 1.82) is 0 Å². The van der Waals surface area contributed by atoms with Gasteiger partial charge in [-0.1, -0.05) is 37.3 Å². The summed E-state index contributed by atoms with van der Waals surface area (Å²) < 4.78 is 14.1. The Bertz CT molecular complexity index is 1570. The zero-order valence-electron chi connectivity index (χ0n) is 23.0. The molecule has 0 saturated carbocycles. The molecule has 3 aromatic heterocycles. The lowest BCUT2D eigenvalue weighted by molar-refractivity contribution is 0.127. The van der Waals surface area contributed by atoms with E-state index in [0.717, 1.165) is 27.7 Å². The highest BCUT2D eigenvalue weighted by Gasteiger charge is 2.20. The largest absolute Gasteiger partial charge is 0.383 e. The van der Waals surface area contributed by atoms with Gasteiger partial charge in [0, 0.05) is 43.9 Å². The van der Waals surface area contributed by atoms with Crippen LogP contribution in [0, 0.1) is 0 Å². The summed E-state index contributed by atoms with van der Waals surface area (Å²) in [5, 5.41) is 16.5. The molecule has 40 heavy (non-hydrogen) atoms. The van der Waals surface area contributed by atoms with E-state index < -0.39 is 0 Å². The fourth-order valence-electron chi connectivity index (χ4n) is 4.73. The van der Waals surface area contributed by atoms with Gasteiger partial charge in [0.25, 0.3) is 0 Å². The molecule has 2 N–H and O–H groups in total. The number of benzene rings is 2. The maximum atomic E-state index is 13.1. The third-order valence-corrected chi connectivity index (χ3v) is 6.77. The van der Waals surface area contributed by atoms with E-state index in [0.29, 0.717) is 50.8 Å². The molecule has 0 spiro atoms. The number of urea groups is 1. The van der Waals surface area contributed by atoms with Gasteiger partial charge in [0.15, 0.2) is 5.82 Å². The van der Waals surface area contributed by atoms with Gasteiger partial charge in [0.1, 0.15) is 11.8 Å². The molecule has 3 heterocycles. The Labute approximate surface area is 232 Å². The van der Waals surface area contributed by atoms with Crippen LogP contribution in [0.5, 0.6) is 0 Å². The van der Waals surface area contributed by atoms with E-state index in [1.807, 2.05) is 48.3 Å². The summed E-state index contributed by atoms with van der Waals surface area (Å²) in [6.07, 6.45) is 5.87. The molecular formula is C29H34N8O3. The van der Waals surface area contributed by atoms with Gasteiger partial charge in [-0.05, 0) is 30.2 Å². The van der Waals surface area contributed by atoms with Gasteiger partial charge >= 0.3 is 6.03 Å². The molecule has 11 heteroatoms. The van der Waals surface area contributed by atoms with Crippen molar-refractivity contribution in [2.75, 3.05) is 51.2 Å². The molecule has 5 rings (SSSR count). The molecule has 208 valence electrons. The second-order valence-electron chi connectivity index (χ2n) is 9.37. The number of anilines is 3. The number of nitrogens with zero attached hydrogens (tertiary/aromatic N) is 6. The number of carbonyl (C=O) groups excluding carboxylic acids is 1. The van der Waals surface area contributed by atoms with Crippen LogP contribution in [0.25, 0.3) is 16.4 Å². The lowest BCUT2D eigenvalue weighted by Gasteiger charge is -2.22. The van der Waals surface area contributed by atoms with Crippen molar-refractivity contribution in [3.63, 3.8) is 0 Å². The van der Waals surface area contributed by atoms with E-state index in [1.54, 1.807) is 23.6 Å². The molecule has 0 aliphatic heterocycles. The third kappa shape index (κ3) is 5.90. The van der Waals surface area contributed by atoms with Crippen LogP contribution in [0.4, 0.5) is 22.0 Å². The minimum atomic E-state index is -0.222. The number of hydrogen-bond donors (Lipinski definition) is 2. The van der Waals surface area contributed by atoms with Gasteiger partial charge in [0.05, 0.1) is 43.4 Å². The molecule has 0 atom stereocenters. The number of fused-ring (bicyclic) bond motifs is 2. The smallest absolute Gasteiger partial charge is 0.322 e. The molecule has 11 nitrogen and oxygen atoms in total. The van der Waals surface area contributed by atoms with Gasteiger partial charge in [0.2, 0.25) is 0 Å². The molecule has 0 bridgehead atoms. The molecule has 0 saturated heterocycles. The first kappa shape index (κ1) is 27.1. The highest BCUT2D eigenvalue weighted by Crippen LogP contribution is 2.30. The fourth-order valence-corrected chi connectivity index (χ4v) is 4.73. The second-order valence-corrected chi connectivity index (χ2v) is 9.37. The van der Waals surface area contributed by atoms with Crippen LogP contribution in [0.1, 0.15) is 18.1 Å². The normalized spacial score (nSPS) is 11.3. The number of nitrogens with one attached hydrogen (secondary N) is 2. The number of methoxy groups -OCH3 is 2. The first-order valence-electron chi connectivity index (χ1n) is 13.3. The average molecular weight is 543 g/mol. The van der Waals surface area contributed by atoms with Crippen molar-refractivity contribution in [2.45, 2.75) is 19.9 Å². The van der Waals surface area contributed by atoms with Crippen LogP contribution in [0.2, 0.25) is 0 Å². The Morgan fingerprint density at radius 1 is 1.02 bits per heavy atom. The Morgan fingerprint density at radius 3 is 2.52 bits per heavy atom. The summed E-state index contributed by atoms with van der Waals surface area (Å²) in [4.78, 5) is 19.3. The third-order valence-electron chi connectivity index (χ3n) is 6.77. The minimum Gasteiger partial charge on any atom is -0.383 e. The first-order valence-corrected chi connectivity index (χ1v) is 13.3. The van der Waals surface area contributed by atoms with E-state index in [-0.39, 0.29) is 6.03 Å². The molecule has 0 radical (unpaired) electrons. The zero-order valence-corrected chi connectivity index (χ0v) is 23.0. The molecule has 5 aromatic rings. The number of amides is 2. The van der Waals surface area contributed by atoms with E-state index in [1.165, 1.54) is 11.9 Å². The van der Waals surface area contributed by atoms with E-state index in [4.69, 9.17) is 9.47 Å². The maximum absolute atomic E-state index is 13.1. The fraction of sp³-hybridized carbons (Fsp3) is 0.310. The average Bonchev–Trinajstić information content (AvgIpc) is 3.54. The highest BCUT2D eigenvalue weighted by molar-refractivity contribution is 5.94. The molecule has 2 amide bonds. The Kier molecular flexibility index (Phi) is 8.53. The number of aromatic nitrogens is 5. The predicted octanol–water partition coefficient (Wildman–Crippen LogP) is 4.56. The highest BCUT2D eigenvalue weighted by atomic mass is 16.5. The molecule has 0 aliphatic rings. The standard InChI is InChI=1S/C29H34N8O3/c1-4-24-25(34-29(38)35(12-14-39-2)13-15-40-3)19-37-27(24)28(30-20-32-37)33-23-10-11-26-22(16-23)17-31-36(26)18-21-8-6-5-7-9-21/h5-11,16-17,19-20H,4,12-15,18H2,1-3H3,(H,34,38)(H,30,32,33). The first-order chi connectivity index (χ1) is 19.6. The molecule has 0 fully saturated rings.